The minimum Gasteiger partial charge on any atom is -0.267 e. The van der Waals surface area contributed by atoms with E-state index in [9.17, 15) is 4.79 Å². The maximum absolute atomic E-state index is 11.3. The van der Waals surface area contributed by atoms with Crippen LogP contribution in [0.2, 0.25) is 0 Å². The average molecular weight is 198 g/mol. The third kappa shape index (κ3) is 0.869. The molecular weight excluding hydrogens is 194 g/mol. The van der Waals surface area contributed by atoms with Gasteiger partial charge in [-0.3, -0.25) is 4.79 Å². The van der Waals surface area contributed by atoms with Crippen LogP contribution < -0.4 is 0 Å². The Morgan fingerprint density at radius 1 is 1.25 bits per heavy atom. The maximum atomic E-state index is 11.3. The maximum Gasteiger partial charge on any atom is 0.274 e. The topological polar surface area (TPSA) is 20.3 Å². The fourth-order valence-electron chi connectivity index (χ4n) is 1.16. The SMILES string of the molecule is O=C1c2ccccc2C(=S)N1Cl. The molecule has 1 aromatic carbocycles. The number of amides is 1. The molecule has 12 heavy (non-hydrogen) atoms. The van der Waals surface area contributed by atoms with Crippen LogP contribution in [0.5, 0.6) is 0 Å². The van der Waals surface area contributed by atoms with Crippen molar-refractivity contribution in [3.8, 4) is 0 Å². The average Bonchev–Trinajstić information content (AvgIpc) is 2.33. The van der Waals surface area contributed by atoms with E-state index in [0.29, 0.717) is 10.6 Å². The van der Waals surface area contributed by atoms with Crippen LogP contribution in [0, 0.1) is 0 Å². The summed E-state index contributed by atoms with van der Waals surface area (Å²) in [6.07, 6.45) is 0. The number of carbonyl (C=O) groups is 1. The van der Waals surface area contributed by atoms with Crippen molar-refractivity contribution in [2.45, 2.75) is 0 Å². The quantitative estimate of drug-likeness (QED) is 0.468. The van der Waals surface area contributed by atoms with E-state index in [0.717, 1.165) is 9.98 Å². The standard InChI is InChI=1S/C8H4ClNOS/c9-10-7(11)5-3-1-2-4-6(5)8(10)12/h1-4H. The molecule has 0 saturated carbocycles. The lowest BCUT2D eigenvalue weighted by Gasteiger charge is -2.01. The highest BCUT2D eigenvalue weighted by Crippen LogP contribution is 2.24. The number of halogens is 1. The van der Waals surface area contributed by atoms with Gasteiger partial charge in [-0.1, -0.05) is 30.4 Å². The van der Waals surface area contributed by atoms with Gasteiger partial charge in [0.1, 0.15) is 4.99 Å². The molecule has 0 aliphatic carbocycles. The van der Waals surface area contributed by atoms with Crippen molar-refractivity contribution in [2.24, 2.45) is 0 Å². The number of thiocarbonyl (C=S) groups is 1. The van der Waals surface area contributed by atoms with Crippen molar-refractivity contribution in [2.75, 3.05) is 0 Å². The summed E-state index contributed by atoms with van der Waals surface area (Å²) in [4.78, 5) is 11.7. The van der Waals surface area contributed by atoms with E-state index in [1.165, 1.54) is 0 Å². The lowest BCUT2D eigenvalue weighted by molar-refractivity contribution is 0.0925. The summed E-state index contributed by atoms with van der Waals surface area (Å²) in [5.74, 6) is -0.239. The van der Waals surface area contributed by atoms with Crippen LogP contribution >= 0.6 is 24.0 Å². The van der Waals surface area contributed by atoms with Crippen molar-refractivity contribution < 1.29 is 4.79 Å². The second-order valence-electron chi connectivity index (χ2n) is 2.44. The van der Waals surface area contributed by atoms with Gasteiger partial charge >= 0.3 is 0 Å². The normalized spacial score (nSPS) is 15.2. The molecule has 1 amide bonds. The van der Waals surface area contributed by atoms with E-state index in [1.807, 2.05) is 6.07 Å². The van der Waals surface area contributed by atoms with Crippen LogP contribution in [0.25, 0.3) is 0 Å². The molecule has 1 aliphatic rings. The Hall–Kier alpha value is -0.930. The molecule has 0 fully saturated rings. The number of rotatable bonds is 0. The van der Waals surface area contributed by atoms with Gasteiger partial charge in [-0.15, -0.1) is 0 Å². The summed E-state index contributed by atoms with van der Waals surface area (Å²) in [5.41, 5.74) is 1.32. The van der Waals surface area contributed by atoms with Gasteiger partial charge in [0.15, 0.2) is 0 Å². The number of nitrogens with zero attached hydrogens (tertiary/aromatic N) is 1. The molecule has 0 radical (unpaired) electrons. The molecule has 1 aliphatic heterocycles. The van der Waals surface area contributed by atoms with Gasteiger partial charge < -0.3 is 0 Å². The van der Waals surface area contributed by atoms with E-state index in [4.69, 9.17) is 24.0 Å². The number of hydrogen-bond donors (Lipinski definition) is 0. The highest BCUT2D eigenvalue weighted by Gasteiger charge is 2.30. The van der Waals surface area contributed by atoms with E-state index in [-0.39, 0.29) is 5.91 Å². The molecule has 2 nitrogen and oxygen atoms in total. The van der Waals surface area contributed by atoms with E-state index < -0.39 is 0 Å². The molecule has 0 unspecified atom stereocenters. The molecule has 4 heteroatoms. The number of hydrogen-bond acceptors (Lipinski definition) is 2. The van der Waals surface area contributed by atoms with Gasteiger partial charge in [0, 0.05) is 17.3 Å². The minimum atomic E-state index is -0.239. The zero-order valence-electron chi connectivity index (χ0n) is 5.95. The Morgan fingerprint density at radius 3 is 2.42 bits per heavy atom. The molecule has 1 aromatic rings. The smallest absolute Gasteiger partial charge is 0.267 e. The van der Waals surface area contributed by atoms with Crippen molar-refractivity contribution in [1.82, 2.24) is 4.42 Å². The number of carbonyl (C=O) groups excluding carboxylic acids is 1. The molecule has 0 saturated heterocycles. The van der Waals surface area contributed by atoms with Crippen molar-refractivity contribution in [1.29, 1.82) is 0 Å². The van der Waals surface area contributed by atoms with Gasteiger partial charge in [0.25, 0.3) is 5.91 Å². The van der Waals surface area contributed by atoms with Crippen molar-refractivity contribution >= 4 is 34.9 Å². The minimum absolute atomic E-state index is 0.239. The molecule has 0 spiro atoms. The molecular formula is C8H4ClNOS. The predicted octanol–water partition coefficient (Wildman–Crippen LogP) is 1.97. The lowest BCUT2D eigenvalue weighted by atomic mass is 10.1. The number of benzene rings is 1. The van der Waals surface area contributed by atoms with Gasteiger partial charge in [0.05, 0.1) is 5.56 Å². The molecule has 60 valence electrons. The van der Waals surface area contributed by atoms with Crippen LogP contribution in [0.4, 0.5) is 0 Å². The molecule has 0 bridgehead atoms. The third-order valence-corrected chi connectivity index (χ3v) is 2.57. The second kappa shape index (κ2) is 2.54. The Bertz CT molecular complexity index is 342. The Balaban J connectivity index is 2.67. The first-order valence-electron chi connectivity index (χ1n) is 3.35. The molecule has 2 rings (SSSR count). The summed E-state index contributed by atoms with van der Waals surface area (Å²) in [6.45, 7) is 0. The summed E-state index contributed by atoms with van der Waals surface area (Å²) >= 11 is 10.6. The first-order valence-corrected chi connectivity index (χ1v) is 4.10. The largest absolute Gasteiger partial charge is 0.274 e. The summed E-state index contributed by atoms with van der Waals surface area (Å²) in [6, 6.07) is 7.12. The van der Waals surface area contributed by atoms with Crippen LogP contribution in [0.15, 0.2) is 24.3 Å². The zero-order valence-corrected chi connectivity index (χ0v) is 7.52. The van der Waals surface area contributed by atoms with Gasteiger partial charge in [-0.05, 0) is 6.07 Å². The van der Waals surface area contributed by atoms with Crippen molar-refractivity contribution in [3.63, 3.8) is 0 Å². The molecule has 0 atom stereocenters. The van der Waals surface area contributed by atoms with Crippen molar-refractivity contribution in [3.05, 3.63) is 35.4 Å². The first-order chi connectivity index (χ1) is 5.72. The molecule has 1 heterocycles. The highest BCUT2D eigenvalue weighted by atomic mass is 35.5. The number of fused-ring (bicyclic) bond motifs is 1. The molecule has 0 aromatic heterocycles. The van der Waals surface area contributed by atoms with Gasteiger partial charge in [-0.2, -0.15) is 0 Å². The second-order valence-corrected chi connectivity index (χ2v) is 3.16. The fraction of sp³-hybridized carbons (Fsp3) is 0. The fourth-order valence-corrected chi connectivity index (χ4v) is 1.60. The summed E-state index contributed by atoms with van der Waals surface area (Å²) in [7, 11) is 0. The Morgan fingerprint density at radius 2 is 1.83 bits per heavy atom. The Kier molecular flexibility index (Phi) is 1.63. The van der Waals surface area contributed by atoms with Gasteiger partial charge in [0.2, 0.25) is 0 Å². The van der Waals surface area contributed by atoms with Crippen LogP contribution in [-0.2, 0) is 0 Å². The first kappa shape index (κ1) is 7.71. The lowest BCUT2D eigenvalue weighted by Crippen LogP contribution is -2.17. The predicted molar refractivity (Wildman–Crippen MR) is 50.2 cm³/mol. The van der Waals surface area contributed by atoms with Crippen LogP contribution in [0.3, 0.4) is 0 Å². The monoisotopic (exact) mass is 197 g/mol. The van der Waals surface area contributed by atoms with Crippen LogP contribution in [-0.4, -0.2) is 15.3 Å². The van der Waals surface area contributed by atoms with Gasteiger partial charge in [-0.25, -0.2) is 4.42 Å². The summed E-state index contributed by atoms with van der Waals surface area (Å²) in [5, 5.41) is 0. The third-order valence-electron chi connectivity index (χ3n) is 1.74. The highest BCUT2D eigenvalue weighted by molar-refractivity contribution is 7.81. The van der Waals surface area contributed by atoms with E-state index in [1.54, 1.807) is 18.2 Å². The van der Waals surface area contributed by atoms with E-state index in [2.05, 4.69) is 0 Å². The van der Waals surface area contributed by atoms with Crippen LogP contribution in [0.1, 0.15) is 15.9 Å². The van der Waals surface area contributed by atoms with E-state index >= 15 is 0 Å². The zero-order chi connectivity index (χ0) is 8.72. The summed E-state index contributed by atoms with van der Waals surface area (Å²) < 4.78 is 0.972. The Labute approximate surface area is 79.9 Å². The molecule has 0 N–H and O–H groups in total.